The molecule has 4 rings (SSSR count). The number of aromatic nitrogens is 4. The summed E-state index contributed by atoms with van der Waals surface area (Å²) in [6.07, 6.45) is 3.31. The highest BCUT2D eigenvalue weighted by molar-refractivity contribution is 5.97. The number of fused-ring (bicyclic) bond motifs is 1. The molecule has 134 valence electrons. The van der Waals surface area contributed by atoms with Gasteiger partial charge in [-0.2, -0.15) is 5.10 Å². The Morgan fingerprint density at radius 2 is 1.92 bits per heavy atom. The standard InChI is InChI=1S/C18H20N6O2/c1-12-3-4-13(15(25)9-12)18(26)24-7-5-23(6-8-24)17-14-10-21-22(2)16(14)19-11-20-17/h3-4,9-11,25H,5-8H2,1-2H3. The molecule has 0 spiro atoms. The van der Waals surface area contributed by atoms with E-state index >= 15 is 0 Å². The van der Waals surface area contributed by atoms with Crippen LogP contribution in [0.4, 0.5) is 5.82 Å². The van der Waals surface area contributed by atoms with E-state index in [-0.39, 0.29) is 11.7 Å². The van der Waals surface area contributed by atoms with Crippen LogP contribution in [-0.4, -0.2) is 61.8 Å². The number of rotatable bonds is 2. The average molecular weight is 352 g/mol. The largest absolute Gasteiger partial charge is 0.507 e. The number of carbonyl (C=O) groups excluding carboxylic acids is 1. The molecular formula is C18H20N6O2. The van der Waals surface area contributed by atoms with Gasteiger partial charge in [0.1, 0.15) is 17.9 Å². The number of piperazine rings is 1. The molecule has 1 aliphatic rings. The molecule has 1 saturated heterocycles. The van der Waals surface area contributed by atoms with Gasteiger partial charge in [0.2, 0.25) is 0 Å². The van der Waals surface area contributed by atoms with Crippen LogP contribution in [0.1, 0.15) is 15.9 Å². The summed E-state index contributed by atoms with van der Waals surface area (Å²) in [5.41, 5.74) is 2.06. The molecule has 26 heavy (non-hydrogen) atoms. The predicted octanol–water partition coefficient (Wildman–Crippen LogP) is 1.34. The molecule has 2 aromatic heterocycles. The SMILES string of the molecule is Cc1ccc(C(=O)N2CCN(c3ncnc4c3cnn4C)CC2)c(O)c1. The molecule has 1 aliphatic heterocycles. The highest BCUT2D eigenvalue weighted by atomic mass is 16.3. The summed E-state index contributed by atoms with van der Waals surface area (Å²) >= 11 is 0. The second-order valence-electron chi connectivity index (χ2n) is 6.50. The zero-order valence-electron chi connectivity index (χ0n) is 14.8. The lowest BCUT2D eigenvalue weighted by Gasteiger charge is -2.35. The zero-order chi connectivity index (χ0) is 18.3. The normalized spacial score (nSPS) is 14.8. The molecule has 0 bridgehead atoms. The van der Waals surface area contributed by atoms with Gasteiger partial charge in [0, 0.05) is 33.2 Å². The molecule has 1 N–H and O–H groups in total. The van der Waals surface area contributed by atoms with Crippen molar-refractivity contribution in [2.75, 3.05) is 31.1 Å². The summed E-state index contributed by atoms with van der Waals surface area (Å²) in [7, 11) is 1.85. The number of hydrogen-bond donors (Lipinski definition) is 1. The van der Waals surface area contributed by atoms with Gasteiger partial charge in [-0.3, -0.25) is 9.48 Å². The molecule has 1 amide bonds. The van der Waals surface area contributed by atoms with Crippen molar-refractivity contribution in [3.05, 3.63) is 41.9 Å². The van der Waals surface area contributed by atoms with Crippen molar-refractivity contribution in [3.63, 3.8) is 0 Å². The molecule has 3 heterocycles. The Kier molecular flexibility index (Phi) is 3.95. The zero-order valence-corrected chi connectivity index (χ0v) is 14.8. The van der Waals surface area contributed by atoms with Gasteiger partial charge >= 0.3 is 0 Å². The maximum atomic E-state index is 12.7. The fraction of sp³-hybridized carbons (Fsp3) is 0.333. The number of carbonyl (C=O) groups is 1. The minimum atomic E-state index is -0.142. The van der Waals surface area contributed by atoms with Gasteiger partial charge in [-0.25, -0.2) is 9.97 Å². The molecule has 0 atom stereocenters. The number of amides is 1. The molecule has 0 radical (unpaired) electrons. The van der Waals surface area contributed by atoms with Gasteiger partial charge in [0.25, 0.3) is 5.91 Å². The maximum absolute atomic E-state index is 12.7. The van der Waals surface area contributed by atoms with Gasteiger partial charge < -0.3 is 14.9 Å². The summed E-state index contributed by atoms with van der Waals surface area (Å²) in [5.74, 6) is 0.732. The number of aryl methyl sites for hydroxylation is 2. The fourth-order valence-electron chi connectivity index (χ4n) is 3.32. The first kappa shape index (κ1) is 16.3. The summed E-state index contributed by atoms with van der Waals surface area (Å²) in [6, 6.07) is 5.13. The van der Waals surface area contributed by atoms with E-state index < -0.39 is 0 Å². The van der Waals surface area contributed by atoms with Crippen LogP contribution in [0.2, 0.25) is 0 Å². The van der Waals surface area contributed by atoms with E-state index in [1.165, 1.54) is 0 Å². The molecule has 1 aromatic carbocycles. The minimum absolute atomic E-state index is 0.0327. The number of aromatic hydroxyl groups is 1. The fourth-order valence-corrected chi connectivity index (χ4v) is 3.32. The molecule has 0 saturated carbocycles. The molecular weight excluding hydrogens is 332 g/mol. The van der Waals surface area contributed by atoms with Crippen molar-refractivity contribution in [2.24, 2.45) is 7.05 Å². The Labute approximate surface area is 150 Å². The first-order valence-corrected chi connectivity index (χ1v) is 8.51. The van der Waals surface area contributed by atoms with Crippen LogP contribution in [0.3, 0.4) is 0 Å². The first-order chi connectivity index (χ1) is 12.5. The van der Waals surface area contributed by atoms with Crippen LogP contribution >= 0.6 is 0 Å². The summed E-state index contributed by atoms with van der Waals surface area (Å²) in [6.45, 7) is 4.35. The number of benzene rings is 1. The molecule has 3 aromatic rings. The van der Waals surface area contributed by atoms with Crippen LogP contribution in [0, 0.1) is 6.92 Å². The van der Waals surface area contributed by atoms with Gasteiger partial charge in [0.05, 0.1) is 17.1 Å². The molecule has 0 aliphatic carbocycles. The number of nitrogens with zero attached hydrogens (tertiary/aromatic N) is 6. The molecule has 1 fully saturated rings. The van der Waals surface area contributed by atoms with E-state index in [4.69, 9.17) is 0 Å². The van der Waals surface area contributed by atoms with Crippen molar-refractivity contribution in [2.45, 2.75) is 6.92 Å². The van der Waals surface area contributed by atoms with Crippen molar-refractivity contribution in [1.82, 2.24) is 24.6 Å². The molecule has 8 nitrogen and oxygen atoms in total. The van der Waals surface area contributed by atoms with Crippen LogP contribution < -0.4 is 4.90 Å². The van der Waals surface area contributed by atoms with E-state index in [1.54, 1.807) is 34.2 Å². The second kappa shape index (κ2) is 6.29. The lowest BCUT2D eigenvalue weighted by atomic mass is 10.1. The van der Waals surface area contributed by atoms with Crippen molar-refractivity contribution in [1.29, 1.82) is 0 Å². The van der Waals surface area contributed by atoms with Crippen molar-refractivity contribution in [3.8, 4) is 5.75 Å². The number of phenols is 1. The van der Waals surface area contributed by atoms with Crippen LogP contribution in [-0.2, 0) is 7.05 Å². The Morgan fingerprint density at radius 3 is 2.65 bits per heavy atom. The number of hydrogen-bond acceptors (Lipinski definition) is 6. The Morgan fingerprint density at radius 1 is 1.15 bits per heavy atom. The van der Waals surface area contributed by atoms with Gasteiger partial charge in [0.15, 0.2) is 5.65 Å². The van der Waals surface area contributed by atoms with Crippen LogP contribution in [0.15, 0.2) is 30.7 Å². The third-order valence-corrected chi connectivity index (χ3v) is 4.76. The van der Waals surface area contributed by atoms with Crippen molar-refractivity contribution >= 4 is 22.8 Å². The average Bonchev–Trinajstić information content (AvgIpc) is 3.03. The third kappa shape index (κ3) is 2.73. The topological polar surface area (TPSA) is 87.4 Å². The molecule has 8 heteroatoms. The quantitative estimate of drug-likeness (QED) is 0.749. The minimum Gasteiger partial charge on any atom is -0.507 e. The predicted molar refractivity (Wildman–Crippen MR) is 97.3 cm³/mol. The van der Waals surface area contributed by atoms with Gasteiger partial charge in [-0.15, -0.1) is 0 Å². The Balaban J connectivity index is 1.51. The lowest BCUT2D eigenvalue weighted by molar-refractivity contribution is 0.0743. The lowest BCUT2D eigenvalue weighted by Crippen LogP contribution is -2.49. The van der Waals surface area contributed by atoms with Gasteiger partial charge in [-0.1, -0.05) is 6.07 Å². The number of phenolic OH excluding ortho intramolecular Hbond substituents is 1. The summed E-state index contributed by atoms with van der Waals surface area (Å²) < 4.78 is 1.72. The van der Waals surface area contributed by atoms with Crippen LogP contribution in [0.25, 0.3) is 11.0 Å². The van der Waals surface area contributed by atoms with E-state index in [0.29, 0.717) is 31.7 Å². The van der Waals surface area contributed by atoms with E-state index in [0.717, 1.165) is 22.4 Å². The van der Waals surface area contributed by atoms with E-state index in [9.17, 15) is 9.90 Å². The van der Waals surface area contributed by atoms with E-state index in [1.807, 2.05) is 20.0 Å². The van der Waals surface area contributed by atoms with E-state index in [2.05, 4.69) is 20.0 Å². The maximum Gasteiger partial charge on any atom is 0.257 e. The van der Waals surface area contributed by atoms with Gasteiger partial charge in [-0.05, 0) is 24.6 Å². The Hall–Kier alpha value is -3.16. The highest BCUT2D eigenvalue weighted by Crippen LogP contribution is 2.25. The number of anilines is 1. The third-order valence-electron chi connectivity index (χ3n) is 4.76. The highest BCUT2D eigenvalue weighted by Gasteiger charge is 2.25. The summed E-state index contributed by atoms with van der Waals surface area (Å²) in [4.78, 5) is 25.3. The summed E-state index contributed by atoms with van der Waals surface area (Å²) in [5, 5.41) is 15.2. The smallest absolute Gasteiger partial charge is 0.257 e. The molecule has 0 unspecified atom stereocenters. The van der Waals surface area contributed by atoms with Crippen molar-refractivity contribution < 1.29 is 9.90 Å². The Bertz CT molecular complexity index is 975. The second-order valence-corrected chi connectivity index (χ2v) is 6.50. The monoisotopic (exact) mass is 352 g/mol. The van der Waals surface area contributed by atoms with Crippen LogP contribution in [0.5, 0.6) is 5.75 Å². The first-order valence-electron chi connectivity index (χ1n) is 8.51.